The van der Waals surface area contributed by atoms with Crippen LogP contribution in [0.5, 0.6) is 0 Å². The molecule has 1 unspecified atom stereocenters. The lowest BCUT2D eigenvalue weighted by Gasteiger charge is -2.25. The molecule has 3 nitrogen and oxygen atoms in total. The van der Waals surface area contributed by atoms with Crippen molar-refractivity contribution < 1.29 is 5.11 Å². The van der Waals surface area contributed by atoms with Crippen molar-refractivity contribution in [3.8, 4) is 11.4 Å². The van der Waals surface area contributed by atoms with Gasteiger partial charge in [0.15, 0.2) is 0 Å². The standard InChI is InChI=1S/C18H18N2O/c1-18(21,16-10-6-3-7-11-16)14-20-13-12-19-17(20)15-8-4-2-5-9-15/h2-13,21H,14H2,1H3. The Balaban J connectivity index is 1.91. The first-order valence-electron chi connectivity index (χ1n) is 7.01. The lowest BCUT2D eigenvalue weighted by Crippen LogP contribution is -2.27. The molecule has 3 rings (SSSR count). The van der Waals surface area contributed by atoms with E-state index in [0.717, 1.165) is 17.0 Å². The molecule has 0 aliphatic rings. The fourth-order valence-electron chi connectivity index (χ4n) is 2.50. The predicted molar refractivity (Wildman–Crippen MR) is 83.7 cm³/mol. The van der Waals surface area contributed by atoms with Crippen molar-refractivity contribution in [1.29, 1.82) is 0 Å². The largest absolute Gasteiger partial charge is 0.384 e. The van der Waals surface area contributed by atoms with E-state index in [1.165, 1.54) is 0 Å². The first kappa shape index (κ1) is 13.6. The lowest BCUT2D eigenvalue weighted by atomic mass is 9.96. The normalized spacial score (nSPS) is 13.8. The van der Waals surface area contributed by atoms with E-state index < -0.39 is 5.60 Å². The van der Waals surface area contributed by atoms with E-state index in [9.17, 15) is 5.11 Å². The Labute approximate surface area is 124 Å². The van der Waals surface area contributed by atoms with E-state index in [-0.39, 0.29) is 0 Å². The second kappa shape index (κ2) is 5.54. The van der Waals surface area contributed by atoms with Crippen LogP contribution in [0.2, 0.25) is 0 Å². The summed E-state index contributed by atoms with van der Waals surface area (Å²) in [5.41, 5.74) is 1.01. The summed E-state index contributed by atoms with van der Waals surface area (Å²) in [7, 11) is 0. The molecule has 0 amide bonds. The van der Waals surface area contributed by atoms with Gasteiger partial charge < -0.3 is 9.67 Å². The summed E-state index contributed by atoms with van der Waals surface area (Å²) >= 11 is 0. The second-order valence-electron chi connectivity index (χ2n) is 5.38. The van der Waals surface area contributed by atoms with Crippen LogP contribution in [0.1, 0.15) is 12.5 Å². The molecule has 0 saturated heterocycles. The molecule has 1 aromatic heterocycles. The summed E-state index contributed by atoms with van der Waals surface area (Å²) in [4.78, 5) is 4.42. The number of rotatable bonds is 4. The number of benzene rings is 2. The molecule has 2 aromatic carbocycles. The number of aromatic nitrogens is 2. The summed E-state index contributed by atoms with van der Waals surface area (Å²) in [6.45, 7) is 2.29. The first-order valence-corrected chi connectivity index (χ1v) is 7.01. The minimum absolute atomic E-state index is 0.460. The fourth-order valence-corrected chi connectivity index (χ4v) is 2.50. The van der Waals surface area contributed by atoms with Crippen molar-refractivity contribution in [1.82, 2.24) is 9.55 Å². The third kappa shape index (κ3) is 2.88. The third-order valence-corrected chi connectivity index (χ3v) is 3.62. The van der Waals surface area contributed by atoms with E-state index in [1.807, 2.05) is 78.4 Å². The highest BCUT2D eigenvalue weighted by molar-refractivity contribution is 5.55. The molecule has 0 saturated carbocycles. The molecule has 1 heterocycles. The average Bonchev–Trinajstić information content (AvgIpc) is 2.96. The van der Waals surface area contributed by atoms with Crippen LogP contribution in [0.15, 0.2) is 73.1 Å². The Bertz CT molecular complexity index is 702. The molecule has 0 fully saturated rings. The molecule has 0 bridgehead atoms. The molecule has 0 aliphatic carbocycles. The van der Waals surface area contributed by atoms with Gasteiger partial charge in [-0.3, -0.25) is 0 Å². The van der Waals surface area contributed by atoms with Gasteiger partial charge in [-0.05, 0) is 12.5 Å². The van der Waals surface area contributed by atoms with E-state index in [1.54, 1.807) is 6.20 Å². The Morgan fingerprint density at radius 2 is 1.62 bits per heavy atom. The number of nitrogens with zero attached hydrogens (tertiary/aromatic N) is 2. The monoisotopic (exact) mass is 278 g/mol. The quantitative estimate of drug-likeness (QED) is 0.793. The van der Waals surface area contributed by atoms with Crippen LogP contribution in [-0.4, -0.2) is 14.7 Å². The minimum Gasteiger partial charge on any atom is -0.384 e. The summed E-state index contributed by atoms with van der Waals surface area (Å²) in [6.07, 6.45) is 3.67. The maximum absolute atomic E-state index is 10.8. The number of hydrogen-bond donors (Lipinski definition) is 1. The smallest absolute Gasteiger partial charge is 0.139 e. The predicted octanol–water partition coefficient (Wildman–Crippen LogP) is 3.46. The van der Waals surface area contributed by atoms with Crippen molar-refractivity contribution in [2.24, 2.45) is 0 Å². The number of hydrogen-bond acceptors (Lipinski definition) is 2. The number of imidazole rings is 1. The van der Waals surface area contributed by atoms with Gasteiger partial charge in [-0.25, -0.2) is 4.98 Å². The zero-order valence-corrected chi connectivity index (χ0v) is 12.0. The highest BCUT2D eigenvalue weighted by Gasteiger charge is 2.24. The summed E-state index contributed by atoms with van der Waals surface area (Å²) in [5.74, 6) is 0.867. The third-order valence-electron chi connectivity index (χ3n) is 3.62. The minimum atomic E-state index is -0.939. The van der Waals surface area contributed by atoms with Gasteiger partial charge in [0.1, 0.15) is 11.4 Å². The van der Waals surface area contributed by atoms with Crippen LogP contribution in [0.3, 0.4) is 0 Å². The molecule has 3 aromatic rings. The molecular formula is C18H18N2O. The Hall–Kier alpha value is -2.39. The molecule has 1 atom stereocenters. The molecule has 3 heteroatoms. The van der Waals surface area contributed by atoms with Gasteiger partial charge in [-0.15, -0.1) is 0 Å². The molecule has 0 spiro atoms. The highest BCUT2D eigenvalue weighted by atomic mass is 16.3. The van der Waals surface area contributed by atoms with Crippen molar-refractivity contribution in [3.63, 3.8) is 0 Å². The van der Waals surface area contributed by atoms with Gasteiger partial charge in [0.05, 0.1) is 6.54 Å². The second-order valence-corrected chi connectivity index (χ2v) is 5.38. The lowest BCUT2D eigenvalue weighted by molar-refractivity contribution is 0.0387. The highest BCUT2D eigenvalue weighted by Crippen LogP contribution is 2.25. The van der Waals surface area contributed by atoms with E-state index in [2.05, 4.69) is 4.98 Å². The summed E-state index contributed by atoms with van der Waals surface area (Å²) in [5, 5.41) is 10.8. The van der Waals surface area contributed by atoms with E-state index >= 15 is 0 Å². The van der Waals surface area contributed by atoms with Gasteiger partial charge in [0.2, 0.25) is 0 Å². The van der Waals surface area contributed by atoms with Crippen LogP contribution >= 0.6 is 0 Å². The SMILES string of the molecule is CC(O)(Cn1ccnc1-c1ccccc1)c1ccccc1. The number of aliphatic hydroxyl groups is 1. The van der Waals surface area contributed by atoms with Crippen molar-refractivity contribution in [2.75, 3.05) is 0 Å². The molecule has 21 heavy (non-hydrogen) atoms. The van der Waals surface area contributed by atoms with Crippen molar-refractivity contribution in [3.05, 3.63) is 78.6 Å². The van der Waals surface area contributed by atoms with Crippen LogP contribution in [0.4, 0.5) is 0 Å². The van der Waals surface area contributed by atoms with Gasteiger partial charge in [-0.1, -0.05) is 60.7 Å². The molecule has 0 radical (unpaired) electrons. The zero-order chi connectivity index (χ0) is 14.7. The van der Waals surface area contributed by atoms with Crippen molar-refractivity contribution >= 4 is 0 Å². The Kier molecular flexibility index (Phi) is 3.59. The Morgan fingerprint density at radius 3 is 2.29 bits per heavy atom. The van der Waals surface area contributed by atoms with E-state index in [4.69, 9.17) is 0 Å². The maximum atomic E-state index is 10.8. The van der Waals surface area contributed by atoms with Gasteiger partial charge in [-0.2, -0.15) is 0 Å². The summed E-state index contributed by atoms with van der Waals surface area (Å²) < 4.78 is 1.99. The first-order chi connectivity index (χ1) is 10.2. The van der Waals surface area contributed by atoms with Gasteiger partial charge in [0, 0.05) is 18.0 Å². The van der Waals surface area contributed by atoms with Crippen molar-refractivity contribution in [2.45, 2.75) is 19.1 Å². The van der Waals surface area contributed by atoms with Gasteiger partial charge in [0.25, 0.3) is 0 Å². The molecular weight excluding hydrogens is 260 g/mol. The average molecular weight is 278 g/mol. The molecule has 0 aliphatic heterocycles. The molecule has 1 N–H and O–H groups in total. The zero-order valence-electron chi connectivity index (χ0n) is 12.0. The summed E-state index contributed by atoms with van der Waals surface area (Å²) in [6, 6.07) is 19.7. The van der Waals surface area contributed by atoms with E-state index in [0.29, 0.717) is 6.54 Å². The fraction of sp³-hybridized carbons (Fsp3) is 0.167. The maximum Gasteiger partial charge on any atom is 0.139 e. The molecule has 106 valence electrons. The van der Waals surface area contributed by atoms with Crippen LogP contribution in [-0.2, 0) is 12.1 Å². The Morgan fingerprint density at radius 1 is 1.00 bits per heavy atom. The van der Waals surface area contributed by atoms with Crippen LogP contribution in [0.25, 0.3) is 11.4 Å². The van der Waals surface area contributed by atoms with Crippen LogP contribution < -0.4 is 0 Å². The van der Waals surface area contributed by atoms with Crippen LogP contribution in [0, 0.1) is 0 Å². The van der Waals surface area contributed by atoms with Gasteiger partial charge >= 0.3 is 0 Å². The topological polar surface area (TPSA) is 38.0 Å².